The van der Waals surface area contributed by atoms with Crippen molar-refractivity contribution in [3.8, 4) is 0 Å². The topological polar surface area (TPSA) is 23.6 Å². The number of hydrogen-bond donors (Lipinski definition) is 1. The molecule has 1 fully saturated rings. The summed E-state index contributed by atoms with van der Waals surface area (Å²) in [6.45, 7) is 9.01. The summed E-state index contributed by atoms with van der Waals surface area (Å²) < 4.78 is 0. The summed E-state index contributed by atoms with van der Waals surface area (Å²) in [6, 6.07) is 0. The summed E-state index contributed by atoms with van der Waals surface area (Å²) in [6.07, 6.45) is 0.687. The van der Waals surface area contributed by atoms with Crippen molar-refractivity contribution in [2.24, 2.45) is 5.92 Å². The van der Waals surface area contributed by atoms with Crippen molar-refractivity contribution in [3.63, 3.8) is 0 Å². The maximum absolute atomic E-state index is 11.8. The van der Waals surface area contributed by atoms with Crippen LogP contribution >= 0.6 is 12.6 Å². The molecule has 0 radical (unpaired) electrons. The average Bonchev–Trinajstić information content (AvgIpc) is 2.18. The maximum Gasteiger partial charge on any atom is 0.222 e. The number of rotatable bonds is 4. The Labute approximate surface area is 98.2 Å². The summed E-state index contributed by atoms with van der Waals surface area (Å²) in [5, 5.41) is 0. The number of piperazine rings is 1. The number of nitrogens with zero attached hydrogens (tertiary/aromatic N) is 2. The summed E-state index contributed by atoms with van der Waals surface area (Å²) >= 11 is 4.22. The smallest absolute Gasteiger partial charge is 0.222 e. The van der Waals surface area contributed by atoms with E-state index in [1.807, 2.05) is 4.90 Å². The number of carbonyl (C=O) groups excluding carboxylic acids is 1. The molecule has 1 aliphatic rings. The van der Waals surface area contributed by atoms with Crippen molar-refractivity contribution in [3.05, 3.63) is 0 Å². The Morgan fingerprint density at radius 3 is 2.33 bits per heavy atom. The molecule has 0 N–H and O–H groups in total. The predicted octanol–water partition coefficient (Wildman–Crippen LogP) is 1.11. The number of carbonyl (C=O) groups is 1. The summed E-state index contributed by atoms with van der Waals surface area (Å²) in [5.41, 5.74) is 0. The van der Waals surface area contributed by atoms with Gasteiger partial charge in [-0.2, -0.15) is 12.6 Å². The molecule has 0 aromatic heterocycles. The first-order valence-corrected chi connectivity index (χ1v) is 6.37. The Bertz CT molecular complexity index is 201. The molecule has 0 aromatic carbocycles. The van der Waals surface area contributed by atoms with Crippen LogP contribution in [0.15, 0.2) is 0 Å². The summed E-state index contributed by atoms with van der Waals surface area (Å²) in [5.74, 6) is 1.68. The van der Waals surface area contributed by atoms with E-state index in [0.29, 0.717) is 18.2 Å². The van der Waals surface area contributed by atoms with Crippen LogP contribution in [-0.2, 0) is 4.79 Å². The second-order valence-corrected chi connectivity index (χ2v) is 4.99. The van der Waals surface area contributed by atoms with Gasteiger partial charge >= 0.3 is 0 Å². The van der Waals surface area contributed by atoms with E-state index in [2.05, 4.69) is 31.4 Å². The van der Waals surface area contributed by atoms with E-state index in [4.69, 9.17) is 0 Å². The third-order valence-electron chi connectivity index (χ3n) is 2.72. The molecule has 0 atom stereocenters. The monoisotopic (exact) mass is 230 g/mol. The molecule has 1 amide bonds. The van der Waals surface area contributed by atoms with E-state index in [1.54, 1.807) is 0 Å². The normalized spacial score (nSPS) is 18.5. The molecule has 88 valence electrons. The van der Waals surface area contributed by atoms with E-state index in [0.717, 1.165) is 38.5 Å². The first kappa shape index (κ1) is 12.8. The van der Waals surface area contributed by atoms with Crippen LogP contribution < -0.4 is 0 Å². The molecule has 1 rings (SSSR count). The Morgan fingerprint density at radius 2 is 1.87 bits per heavy atom. The molecule has 1 saturated heterocycles. The Balaban J connectivity index is 2.27. The molecule has 0 unspecified atom stereocenters. The van der Waals surface area contributed by atoms with Crippen molar-refractivity contribution >= 4 is 18.5 Å². The Hall–Kier alpha value is -0.220. The van der Waals surface area contributed by atoms with Gasteiger partial charge in [-0.25, -0.2) is 0 Å². The molecule has 0 saturated carbocycles. The van der Waals surface area contributed by atoms with Gasteiger partial charge in [0.1, 0.15) is 0 Å². The quantitative estimate of drug-likeness (QED) is 0.731. The van der Waals surface area contributed by atoms with Crippen LogP contribution in [-0.4, -0.2) is 54.2 Å². The van der Waals surface area contributed by atoms with Crippen LogP contribution in [0.3, 0.4) is 0 Å². The zero-order chi connectivity index (χ0) is 11.3. The zero-order valence-electron chi connectivity index (χ0n) is 9.78. The minimum absolute atomic E-state index is 0.315. The molecule has 0 spiro atoms. The van der Waals surface area contributed by atoms with Gasteiger partial charge in [0, 0.05) is 44.9 Å². The van der Waals surface area contributed by atoms with Gasteiger partial charge in [-0.15, -0.1) is 0 Å². The predicted molar refractivity (Wildman–Crippen MR) is 66.3 cm³/mol. The molecule has 0 aromatic rings. The van der Waals surface area contributed by atoms with E-state index in [9.17, 15) is 4.79 Å². The fraction of sp³-hybridized carbons (Fsp3) is 0.909. The van der Waals surface area contributed by atoms with E-state index >= 15 is 0 Å². The van der Waals surface area contributed by atoms with Crippen LogP contribution in [0.25, 0.3) is 0 Å². The fourth-order valence-electron chi connectivity index (χ4n) is 1.84. The van der Waals surface area contributed by atoms with E-state index in [-0.39, 0.29) is 0 Å². The van der Waals surface area contributed by atoms with Crippen LogP contribution in [0, 0.1) is 5.92 Å². The van der Waals surface area contributed by atoms with Crippen molar-refractivity contribution in [2.75, 3.05) is 38.5 Å². The van der Waals surface area contributed by atoms with Crippen LogP contribution in [0.5, 0.6) is 0 Å². The molecule has 0 bridgehead atoms. The number of thiol groups is 1. The molecule has 1 heterocycles. The van der Waals surface area contributed by atoms with Gasteiger partial charge < -0.3 is 4.90 Å². The van der Waals surface area contributed by atoms with E-state index in [1.165, 1.54) is 0 Å². The molecule has 1 aliphatic heterocycles. The second-order valence-electron chi connectivity index (χ2n) is 4.54. The SMILES string of the molecule is CC(C)CC(=O)N1CCN(CCS)CC1. The highest BCUT2D eigenvalue weighted by atomic mass is 32.1. The molecular weight excluding hydrogens is 208 g/mol. The first-order valence-electron chi connectivity index (χ1n) is 5.74. The van der Waals surface area contributed by atoms with Gasteiger partial charge in [-0.1, -0.05) is 13.8 Å². The minimum Gasteiger partial charge on any atom is -0.340 e. The molecular formula is C11H22N2OS. The third kappa shape index (κ3) is 4.43. The van der Waals surface area contributed by atoms with Crippen molar-refractivity contribution in [1.82, 2.24) is 9.80 Å². The lowest BCUT2D eigenvalue weighted by atomic mass is 10.1. The lowest BCUT2D eigenvalue weighted by Gasteiger charge is -2.34. The number of hydrogen-bond acceptors (Lipinski definition) is 3. The van der Waals surface area contributed by atoms with Crippen molar-refractivity contribution in [1.29, 1.82) is 0 Å². The maximum atomic E-state index is 11.8. The summed E-state index contributed by atoms with van der Waals surface area (Å²) in [7, 11) is 0. The van der Waals surface area contributed by atoms with Gasteiger partial charge in [0.05, 0.1) is 0 Å². The zero-order valence-corrected chi connectivity index (χ0v) is 10.7. The lowest BCUT2D eigenvalue weighted by molar-refractivity contribution is -0.133. The van der Waals surface area contributed by atoms with E-state index < -0.39 is 0 Å². The summed E-state index contributed by atoms with van der Waals surface area (Å²) in [4.78, 5) is 16.1. The van der Waals surface area contributed by atoms with Crippen molar-refractivity contribution < 1.29 is 4.79 Å². The van der Waals surface area contributed by atoms with Gasteiger partial charge in [-0.05, 0) is 5.92 Å². The van der Waals surface area contributed by atoms with Crippen molar-refractivity contribution in [2.45, 2.75) is 20.3 Å². The molecule has 4 heteroatoms. The van der Waals surface area contributed by atoms with Crippen LogP contribution in [0.1, 0.15) is 20.3 Å². The average molecular weight is 230 g/mol. The Kier molecular flexibility index (Phi) is 5.47. The fourth-order valence-corrected chi connectivity index (χ4v) is 2.12. The first-order chi connectivity index (χ1) is 7.13. The van der Waals surface area contributed by atoms with Gasteiger partial charge in [0.2, 0.25) is 5.91 Å². The lowest BCUT2D eigenvalue weighted by Crippen LogP contribution is -2.49. The van der Waals surface area contributed by atoms with Crippen LogP contribution in [0.2, 0.25) is 0 Å². The molecule has 3 nitrogen and oxygen atoms in total. The van der Waals surface area contributed by atoms with Gasteiger partial charge in [-0.3, -0.25) is 9.69 Å². The minimum atomic E-state index is 0.315. The van der Waals surface area contributed by atoms with Gasteiger partial charge in [0.25, 0.3) is 0 Å². The number of amides is 1. The highest BCUT2D eigenvalue weighted by Crippen LogP contribution is 2.07. The second kappa shape index (κ2) is 6.38. The van der Waals surface area contributed by atoms with Gasteiger partial charge in [0.15, 0.2) is 0 Å². The highest BCUT2D eigenvalue weighted by Gasteiger charge is 2.20. The van der Waals surface area contributed by atoms with Crippen LogP contribution in [0.4, 0.5) is 0 Å². The Morgan fingerprint density at radius 1 is 1.27 bits per heavy atom. The molecule has 15 heavy (non-hydrogen) atoms. The highest BCUT2D eigenvalue weighted by molar-refractivity contribution is 7.80. The molecule has 0 aliphatic carbocycles. The largest absolute Gasteiger partial charge is 0.340 e. The standard InChI is InChI=1S/C11H22N2OS/c1-10(2)9-11(14)13-5-3-12(4-6-13)7-8-15/h10,15H,3-9H2,1-2H3. The third-order valence-corrected chi connectivity index (χ3v) is 2.92.